The van der Waals surface area contributed by atoms with Gasteiger partial charge in [0, 0.05) is 14.1 Å². The molecule has 1 heterocycles. The smallest absolute Gasteiger partial charge is 0.313 e. The van der Waals surface area contributed by atoms with E-state index < -0.39 is 11.1 Å². The molecule has 0 radical (unpaired) electrons. The molecule has 0 bridgehead atoms. The Hall–Kier alpha value is -1.30. The first kappa shape index (κ1) is 8.79. The predicted octanol–water partition coefficient (Wildman–Crippen LogP) is -0.551. The fraction of sp³-hybridized carbons (Fsp3) is 0.400. The number of hydrogen-bond donors (Lipinski definition) is 0. The van der Waals surface area contributed by atoms with Gasteiger partial charge in [-0.3, -0.25) is 4.79 Å². The van der Waals surface area contributed by atoms with Crippen molar-refractivity contribution in [3.63, 3.8) is 0 Å². The standard InChI is InChI=1S/C5H7ClN4O2/c1-8(2)9-3-7-10(4(6)11)5(9)12/h3H,1-2H3. The van der Waals surface area contributed by atoms with Crippen LogP contribution in [0.3, 0.4) is 0 Å². The van der Waals surface area contributed by atoms with Crippen molar-refractivity contribution in [2.24, 2.45) is 0 Å². The molecule has 0 aliphatic heterocycles. The predicted molar refractivity (Wildman–Crippen MR) is 43.2 cm³/mol. The highest BCUT2D eigenvalue weighted by molar-refractivity contribution is 6.63. The van der Waals surface area contributed by atoms with Gasteiger partial charge in [0.15, 0.2) is 0 Å². The van der Waals surface area contributed by atoms with Crippen molar-refractivity contribution in [3.05, 3.63) is 16.8 Å². The van der Waals surface area contributed by atoms with Crippen LogP contribution in [0, 0.1) is 0 Å². The largest absolute Gasteiger partial charge is 0.373 e. The maximum Gasteiger partial charge on any atom is 0.373 e. The lowest BCUT2D eigenvalue weighted by Gasteiger charge is -2.09. The van der Waals surface area contributed by atoms with E-state index in [1.807, 2.05) is 0 Å². The summed E-state index contributed by atoms with van der Waals surface area (Å²) in [6.45, 7) is 0. The molecule has 1 aromatic rings. The first-order valence-electron chi connectivity index (χ1n) is 3.08. The van der Waals surface area contributed by atoms with Crippen molar-refractivity contribution in [1.82, 2.24) is 14.5 Å². The van der Waals surface area contributed by atoms with E-state index in [0.29, 0.717) is 4.68 Å². The number of nitrogens with zero attached hydrogens (tertiary/aromatic N) is 4. The highest BCUT2D eigenvalue weighted by Crippen LogP contribution is 1.84. The van der Waals surface area contributed by atoms with Gasteiger partial charge in [-0.2, -0.15) is 4.68 Å². The summed E-state index contributed by atoms with van der Waals surface area (Å²) in [4.78, 5) is 21.7. The number of hydrogen-bond acceptors (Lipinski definition) is 4. The van der Waals surface area contributed by atoms with Crippen LogP contribution < -0.4 is 10.7 Å². The van der Waals surface area contributed by atoms with Crippen LogP contribution in [0.15, 0.2) is 11.1 Å². The van der Waals surface area contributed by atoms with E-state index in [1.165, 1.54) is 11.3 Å². The summed E-state index contributed by atoms with van der Waals surface area (Å²) in [6, 6.07) is 0. The molecule has 6 nitrogen and oxygen atoms in total. The topological polar surface area (TPSA) is 60.1 Å². The van der Waals surface area contributed by atoms with Crippen LogP contribution in [0.2, 0.25) is 0 Å². The molecule has 0 aliphatic carbocycles. The Morgan fingerprint density at radius 2 is 2.25 bits per heavy atom. The Morgan fingerprint density at radius 3 is 2.50 bits per heavy atom. The third-order valence-corrected chi connectivity index (χ3v) is 1.41. The molecule has 0 saturated heterocycles. The Balaban J connectivity index is 3.23. The van der Waals surface area contributed by atoms with Crippen LogP contribution in [-0.2, 0) is 0 Å². The molecular weight excluding hydrogens is 184 g/mol. The monoisotopic (exact) mass is 190 g/mol. The molecule has 1 aromatic heterocycles. The molecule has 0 saturated carbocycles. The van der Waals surface area contributed by atoms with Crippen LogP contribution in [-0.4, -0.2) is 33.9 Å². The summed E-state index contributed by atoms with van der Waals surface area (Å²) in [6.07, 6.45) is 1.21. The SMILES string of the molecule is CN(C)n1cnn(C(=O)Cl)c1=O. The number of halogens is 1. The van der Waals surface area contributed by atoms with Crippen molar-refractivity contribution >= 4 is 17.0 Å². The Morgan fingerprint density at radius 1 is 1.67 bits per heavy atom. The van der Waals surface area contributed by atoms with Gasteiger partial charge in [-0.15, -0.1) is 9.78 Å². The van der Waals surface area contributed by atoms with E-state index in [-0.39, 0.29) is 0 Å². The van der Waals surface area contributed by atoms with Crippen LogP contribution in [0.1, 0.15) is 0 Å². The zero-order valence-electron chi connectivity index (χ0n) is 6.56. The third-order valence-electron chi connectivity index (χ3n) is 1.25. The van der Waals surface area contributed by atoms with Crippen molar-refractivity contribution in [2.75, 3.05) is 19.1 Å². The minimum Gasteiger partial charge on any atom is -0.313 e. The van der Waals surface area contributed by atoms with Crippen molar-refractivity contribution < 1.29 is 4.79 Å². The highest BCUT2D eigenvalue weighted by atomic mass is 35.5. The Kier molecular flexibility index (Phi) is 2.18. The number of carbonyl (C=O) groups is 1. The second kappa shape index (κ2) is 2.98. The molecule has 1 rings (SSSR count). The Bertz CT molecular complexity index is 353. The van der Waals surface area contributed by atoms with E-state index in [1.54, 1.807) is 14.1 Å². The van der Waals surface area contributed by atoms with Gasteiger partial charge in [0.1, 0.15) is 6.33 Å². The van der Waals surface area contributed by atoms with Crippen molar-refractivity contribution in [1.29, 1.82) is 0 Å². The summed E-state index contributed by atoms with van der Waals surface area (Å²) < 4.78 is 1.72. The molecule has 12 heavy (non-hydrogen) atoms. The maximum absolute atomic E-state index is 11.2. The molecule has 0 atom stereocenters. The molecule has 0 N–H and O–H groups in total. The summed E-state index contributed by atoms with van der Waals surface area (Å²) >= 11 is 5.06. The molecule has 0 aromatic carbocycles. The van der Waals surface area contributed by atoms with Crippen LogP contribution in [0.5, 0.6) is 0 Å². The van der Waals surface area contributed by atoms with E-state index in [0.717, 1.165) is 4.68 Å². The number of rotatable bonds is 1. The molecule has 0 spiro atoms. The van der Waals surface area contributed by atoms with Gasteiger partial charge in [0.05, 0.1) is 0 Å². The summed E-state index contributed by atoms with van der Waals surface area (Å²) in [5.41, 5.74) is -0.583. The molecule has 0 amide bonds. The molecular formula is C5H7ClN4O2. The van der Waals surface area contributed by atoms with Gasteiger partial charge < -0.3 is 5.01 Å². The van der Waals surface area contributed by atoms with Gasteiger partial charge in [-0.1, -0.05) is 0 Å². The first-order valence-corrected chi connectivity index (χ1v) is 3.46. The van der Waals surface area contributed by atoms with Gasteiger partial charge in [0.2, 0.25) is 0 Å². The average Bonchev–Trinajstić information content (AvgIpc) is 2.30. The minimum absolute atomic E-state index is 0.571. The van der Waals surface area contributed by atoms with Gasteiger partial charge >= 0.3 is 11.1 Å². The van der Waals surface area contributed by atoms with E-state index in [2.05, 4.69) is 5.10 Å². The fourth-order valence-corrected chi connectivity index (χ4v) is 0.807. The molecule has 7 heteroatoms. The first-order chi connectivity index (χ1) is 5.54. The lowest BCUT2D eigenvalue weighted by Crippen LogP contribution is -2.37. The second-order valence-electron chi connectivity index (χ2n) is 2.27. The quantitative estimate of drug-likeness (QED) is 0.558. The third kappa shape index (κ3) is 1.33. The average molecular weight is 191 g/mol. The van der Waals surface area contributed by atoms with E-state index in [4.69, 9.17) is 11.6 Å². The molecule has 66 valence electrons. The molecule has 0 fully saturated rings. The van der Waals surface area contributed by atoms with Crippen molar-refractivity contribution in [3.8, 4) is 0 Å². The lowest BCUT2D eigenvalue weighted by atomic mass is 11.0. The normalized spacial score (nSPS) is 9.92. The van der Waals surface area contributed by atoms with Crippen LogP contribution in [0.4, 0.5) is 4.79 Å². The summed E-state index contributed by atoms with van der Waals surface area (Å²) in [7, 11) is 3.29. The van der Waals surface area contributed by atoms with Gasteiger partial charge in [0.25, 0.3) is 0 Å². The van der Waals surface area contributed by atoms with E-state index >= 15 is 0 Å². The van der Waals surface area contributed by atoms with Gasteiger partial charge in [-0.05, 0) is 11.6 Å². The zero-order valence-corrected chi connectivity index (χ0v) is 7.32. The van der Waals surface area contributed by atoms with Crippen LogP contribution >= 0.6 is 11.6 Å². The zero-order chi connectivity index (χ0) is 9.30. The highest BCUT2D eigenvalue weighted by Gasteiger charge is 2.10. The minimum atomic E-state index is -0.916. The summed E-state index contributed by atoms with van der Waals surface area (Å²) in [5, 5.41) is 4.04. The van der Waals surface area contributed by atoms with Crippen molar-refractivity contribution in [2.45, 2.75) is 0 Å². The maximum atomic E-state index is 11.2. The lowest BCUT2D eigenvalue weighted by molar-refractivity contribution is 0.257. The number of aromatic nitrogens is 3. The number of carbonyl (C=O) groups excluding carboxylic acids is 1. The Labute approximate surface area is 72.9 Å². The van der Waals surface area contributed by atoms with Gasteiger partial charge in [-0.25, -0.2) is 4.79 Å². The fourth-order valence-electron chi connectivity index (χ4n) is 0.691. The summed E-state index contributed by atoms with van der Waals surface area (Å²) in [5.74, 6) is 0. The molecule has 0 aliphatic rings. The molecule has 0 unspecified atom stereocenters. The second-order valence-corrected chi connectivity index (χ2v) is 2.59. The van der Waals surface area contributed by atoms with E-state index in [9.17, 15) is 9.59 Å². The van der Waals surface area contributed by atoms with Crippen LogP contribution in [0.25, 0.3) is 0 Å².